The monoisotopic (exact) mass is 254 g/mol. The van der Waals surface area contributed by atoms with Gasteiger partial charge in [0.05, 0.1) is 5.56 Å². The maximum Gasteiger partial charge on any atom is 0.343 e. The van der Waals surface area contributed by atoms with Gasteiger partial charge in [-0.05, 0) is 29.3 Å². The molecule has 0 unspecified atom stereocenters. The first kappa shape index (κ1) is 10.4. The van der Waals surface area contributed by atoms with Crippen LogP contribution < -0.4 is 14.2 Å². The SMILES string of the molecule is O=C1Oc2ccccc2Cc2cc3c(cc21)OCO3. The molecule has 0 saturated carbocycles. The summed E-state index contributed by atoms with van der Waals surface area (Å²) in [5.41, 5.74) is 2.44. The average Bonchev–Trinajstić information content (AvgIpc) is 2.81. The minimum absolute atomic E-state index is 0.198. The number of carbonyl (C=O) groups is 1. The van der Waals surface area contributed by atoms with Crippen LogP contribution in [-0.2, 0) is 6.42 Å². The van der Waals surface area contributed by atoms with Crippen molar-refractivity contribution in [2.75, 3.05) is 6.79 Å². The van der Waals surface area contributed by atoms with Gasteiger partial charge < -0.3 is 14.2 Å². The lowest BCUT2D eigenvalue weighted by Crippen LogP contribution is -2.08. The summed E-state index contributed by atoms with van der Waals surface area (Å²) in [5.74, 6) is 1.55. The lowest BCUT2D eigenvalue weighted by molar-refractivity contribution is 0.0735. The van der Waals surface area contributed by atoms with Crippen molar-refractivity contribution in [2.45, 2.75) is 6.42 Å². The average molecular weight is 254 g/mol. The molecule has 0 aliphatic carbocycles. The van der Waals surface area contributed by atoms with Gasteiger partial charge in [0.15, 0.2) is 11.5 Å². The first-order chi connectivity index (χ1) is 9.31. The lowest BCUT2D eigenvalue weighted by atomic mass is 10.00. The molecule has 0 spiro atoms. The van der Waals surface area contributed by atoms with Crippen LogP contribution in [0.3, 0.4) is 0 Å². The lowest BCUT2D eigenvalue weighted by Gasteiger charge is -2.05. The fourth-order valence-corrected chi connectivity index (χ4v) is 2.43. The quantitative estimate of drug-likeness (QED) is 0.535. The van der Waals surface area contributed by atoms with E-state index in [1.54, 1.807) is 12.1 Å². The molecule has 2 heterocycles. The number of rotatable bonds is 0. The van der Waals surface area contributed by atoms with Crippen molar-refractivity contribution in [1.29, 1.82) is 0 Å². The second kappa shape index (κ2) is 3.75. The van der Waals surface area contributed by atoms with Crippen LogP contribution in [0, 0.1) is 0 Å². The molecule has 2 aromatic rings. The van der Waals surface area contributed by atoms with Crippen LogP contribution in [0.15, 0.2) is 36.4 Å². The van der Waals surface area contributed by atoms with E-state index in [0.29, 0.717) is 29.2 Å². The van der Waals surface area contributed by atoms with Crippen LogP contribution in [0.4, 0.5) is 0 Å². The number of benzene rings is 2. The largest absolute Gasteiger partial charge is 0.454 e. The minimum Gasteiger partial charge on any atom is -0.454 e. The summed E-state index contributed by atoms with van der Waals surface area (Å²) < 4.78 is 16.1. The van der Waals surface area contributed by atoms with E-state index in [1.165, 1.54) is 0 Å². The number of para-hydroxylation sites is 1. The zero-order valence-corrected chi connectivity index (χ0v) is 10.0. The Bertz CT molecular complexity index is 691. The van der Waals surface area contributed by atoms with Crippen LogP contribution in [-0.4, -0.2) is 12.8 Å². The first-order valence-corrected chi connectivity index (χ1v) is 6.04. The molecule has 0 radical (unpaired) electrons. The van der Waals surface area contributed by atoms with E-state index in [-0.39, 0.29) is 12.8 Å². The highest BCUT2D eigenvalue weighted by atomic mass is 16.7. The fraction of sp³-hybridized carbons (Fsp3) is 0.133. The Morgan fingerprint density at radius 1 is 0.895 bits per heavy atom. The molecule has 0 bridgehead atoms. The molecule has 4 rings (SSSR count). The van der Waals surface area contributed by atoms with E-state index in [4.69, 9.17) is 14.2 Å². The summed E-state index contributed by atoms with van der Waals surface area (Å²) in [6.45, 7) is 0.198. The Labute approximate surface area is 109 Å². The molecule has 0 saturated heterocycles. The van der Waals surface area contributed by atoms with Gasteiger partial charge in [-0.15, -0.1) is 0 Å². The zero-order valence-electron chi connectivity index (χ0n) is 10.0. The van der Waals surface area contributed by atoms with Crippen molar-refractivity contribution in [2.24, 2.45) is 0 Å². The highest BCUT2D eigenvalue weighted by Crippen LogP contribution is 2.38. The molecule has 0 amide bonds. The number of ether oxygens (including phenoxy) is 3. The van der Waals surface area contributed by atoms with Crippen LogP contribution in [0.1, 0.15) is 21.5 Å². The molecule has 0 fully saturated rings. The van der Waals surface area contributed by atoms with E-state index in [0.717, 1.165) is 11.1 Å². The minimum atomic E-state index is -0.349. The molecule has 4 nitrogen and oxygen atoms in total. The van der Waals surface area contributed by atoms with Gasteiger partial charge in [0.2, 0.25) is 6.79 Å². The summed E-state index contributed by atoms with van der Waals surface area (Å²) >= 11 is 0. The highest BCUT2D eigenvalue weighted by Gasteiger charge is 2.25. The number of esters is 1. The third-order valence-electron chi connectivity index (χ3n) is 3.37. The van der Waals surface area contributed by atoms with Gasteiger partial charge in [-0.2, -0.15) is 0 Å². The number of hydrogen-bond donors (Lipinski definition) is 0. The van der Waals surface area contributed by atoms with Crippen LogP contribution in [0.2, 0.25) is 0 Å². The van der Waals surface area contributed by atoms with Crippen molar-refractivity contribution >= 4 is 5.97 Å². The molecule has 19 heavy (non-hydrogen) atoms. The topological polar surface area (TPSA) is 44.8 Å². The summed E-state index contributed by atoms with van der Waals surface area (Å²) in [5, 5.41) is 0. The molecular weight excluding hydrogens is 244 g/mol. The van der Waals surface area contributed by atoms with Crippen molar-refractivity contribution < 1.29 is 19.0 Å². The highest BCUT2D eigenvalue weighted by molar-refractivity contribution is 5.94. The summed E-state index contributed by atoms with van der Waals surface area (Å²) in [4.78, 5) is 12.1. The normalized spacial score (nSPS) is 15.3. The van der Waals surface area contributed by atoms with E-state index in [1.807, 2.05) is 24.3 Å². The standard InChI is InChI=1S/C15H10O4/c16-15-11-7-14-13(17-8-18-14)6-10(11)5-9-3-1-2-4-12(9)19-15/h1-4,6-7H,5,8H2. The van der Waals surface area contributed by atoms with Gasteiger partial charge >= 0.3 is 5.97 Å². The maximum absolute atomic E-state index is 12.1. The third kappa shape index (κ3) is 1.57. The Hall–Kier alpha value is -2.49. The number of fused-ring (bicyclic) bond motifs is 3. The Morgan fingerprint density at radius 2 is 1.68 bits per heavy atom. The van der Waals surface area contributed by atoms with E-state index in [2.05, 4.69) is 0 Å². The molecule has 2 aliphatic rings. The molecule has 2 aliphatic heterocycles. The first-order valence-electron chi connectivity index (χ1n) is 6.04. The molecule has 0 aromatic heterocycles. The number of hydrogen-bond acceptors (Lipinski definition) is 4. The second-order valence-corrected chi connectivity index (χ2v) is 4.54. The predicted molar refractivity (Wildman–Crippen MR) is 66.8 cm³/mol. The van der Waals surface area contributed by atoms with E-state index >= 15 is 0 Å². The third-order valence-corrected chi connectivity index (χ3v) is 3.37. The summed E-state index contributed by atoms with van der Waals surface area (Å²) in [7, 11) is 0. The Kier molecular flexibility index (Phi) is 2.06. The van der Waals surface area contributed by atoms with Gasteiger partial charge in [-0.1, -0.05) is 18.2 Å². The fourth-order valence-electron chi connectivity index (χ4n) is 2.43. The van der Waals surface area contributed by atoms with E-state index < -0.39 is 0 Å². The Morgan fingerprint density at radius 3 is 2.58 bits per heavy atom. The predicted octanol–water partition coefficient (Wildman–Crippen LogP) is 2.54. The molecule has 0 atom stereocenters. The van der Waals surface area contributed by atoms with Crippen molar-refractivity contribution in [3.63, 3.8) is 0 Å². The van der Waals surface area contributed by atoms with Crippen molar-refractivity contribution in [3.05, 3.63) is 53.1 Å². The zero-order chi connectivity index (χ0) is 12.8. The summed E-state index contributed by atoms with van der Waals surface area (Å²) in [6.07, 6.45) is 0.647. The van der Waals surface area contributed by atoms with Crippen LogP contribution in [0.5, 0.6) is 17.2 Å². The van der Waals surface area contributed by atoms with Gasteiger partial charge in [0.25, 0.3) is 0 Å². The maximum atomic E-state index is 12.1. The summed E-state index contributed by atoms with van der Waals surface area (Å²) in [6, 6.07) is 11.1. The number of carbonyl (C=O) groups excluding carboxylic acids is 1. The van der Waals surface area contributed by atoms with Gasteiger partial charge in [-0.3, -0.25) is 0 Å². The van der Waals surface area contributed by atoms with Gasteiger partial charge in [0, 0.05) is 6.42 Å². The molecule has 2 aromatic carbocycles. The molecular formula is C15H10O4. The molecule has 0 N–H and O–H groups in total. The molecule has 94 valence electrons. The smallest absolute Gasteiger partial charge is 0.343 e. The van der Waals surface area contributed by atoms with Crippen molar-refractivity contribution in [1.82, 2.24) is 0 Å². The van der Waals surface area contributed by atoms with E-state index in [9.17, 15) is 4.79 Å². The van der Waals surface area contributed by atoms with Crippen LogP contribution >= 0.6 is 0 Å². The van der Waals surface area contributed by atoms with Crippen molar-refractivity contribution in [3.8, 4) is 17.2 Å². The molecule has 4 heteroatoms. The van der Waals surface area contributed by atoms with Crippen LogP contribution in [0.25, 0.3) is 0 Å². The second-order valence-electron chi connectivity index (χ2n) is 4.54. The van der Waals surface area contributed by atoms with Gasteiger partial charge in [0.1, 0.15) is 5.75 Å². The Balaban J connectivity index is 1.90. The van der Waals surface area contributed by atoms with Gasteiger partial charge in [-0.25, -0.2) is 4.79 Å².